The van der Waals surface area contributed by atoms with Gasteiger partial charge in [0.1, 0.15) is 17.1 Å². The molecule has 0 saturated carbocycles. The zero-order valence-electron chi connectivity index (χ0n) is 17.8. The molecule has 0 aliphatic heterocycles. The number of hydrogen-bond donors (Lipinski definition) is 3. The zero-order valence-corrected chi connectivity index (χ0v) is 17.8. The summed E-state index contributed by atoms with van der Waals surface area (Å²) >= 11 is 0. The van der Waals surface area contributed by atoms with Crippen LogP contribution in [-0.4, -0.2) is 29.4 Å². The first kappa shape index (κ1) is 20.9. The van der Waals surface area contributed by atoms with E-state index in [1.165, 1.54) is 0 Å². The Kier molecular flexibility index (Phi) is 6.27. The molecule has 0 bridgehead atoms. The normalized spacial score (nSPS) is 10.8. The minimum absolute atomic E-state index is 0.287. The van der Waals surface area contributed by atoms with Gasteiger partial charge in [0.25, 0.3) is 5.91 Å². The Bertz CT molecular complexity index is 1210. The summed E-state index contributed by atoms with van der Waals surface area (Å²) in [5.74, 6) is 1.12. The maximum atomic E-state index is 13.2. The largest absolute Gasteiger partial charge is 0.497 e. The first-order valence-corrected chi connectivity index (χ1v) is 10.1. The SMILES string of the molecule is COc1ccc(NC(=O)c2c(N=Cc3ccc(C)cc3)n[nH]c2Nc2ccccc2)cc1. The second-order valence-electron chi connectivity index (χ2n) is 7.14. The lowest BCUT2D eigenvalue weighted by Crippen LogP contribution is -2.13. The molecule has 0 radical (unpaired) electrons. The van der Waals surface area contributed by atoms with Crippen LogP contribution in [0.5, 0.6) is 5.75 Å². The number of aliphatic imine (C=N–C) groups is 1. The summed E-state index contributed by atoms with van der Waals surface area (Å²) < 4.78 is 5.18. The van der Waals surface area contributed by atoms with E-state index < -0.39 is 0 Å². The van der Waals surface area contributed by atoms with Crippen molar-refractivity contribution in [3.05, 3.63) is 95.6 Å². The monoisotopic (exact) mass is 425 g/mol. The van der Waals surface area contributed by atoms with Crippen LogP contribution in [0.4, 0.5) is 23.0 Å². The Morgan fingerprint density at radius 1 is 0.969 bits per heavy atom. The minimum atomic E-state index is -0.335. The number of amides is 1. The van der Waals surface area contributed by atoms with Gasteiger partial charge in [-0.15, -0.1) is 0 Å². The number of rotatable bonds is 7. The van der Waals surface area contributed by atoms with Gasteiger partial charge in [-0.3, -0.25) is 9.89 Å². The van der Waals surface area contributed by atoms with Crippen molar-refractivity contribution in [1.29, 1.82) is 0 Å². The topological polar surface area (TPSA) is 91.4 Å². The Labute approximate surface area is 186 Å². The minimum Gasteiger partial charge on any atom is -0.497 e. The van der Waals surface area contributed by atoms with Crippen LogP contribution in [0.25, 0.3) is 0 Å². The van der Waals surface area contributed by atoms with Crippen LogP contribution in [0.15, 0.2) is 83.9 Å². The van der Waals surface area contributed by atoms with Crippen LogP contribution in [0, 0.1) is 6.92 Å². The van der Waals surface area contributed by atoms with E-state index in [-0.39, 0.29) is 11.7 Å². The number of ether oxygens (including phenoxy) is 1. The number of hydrogen-bond acceptors (Lipinski definition) is 5. The maximum Gasteiger partial charge on any atom is 0.263 e. The van der Waals surface area contributed by atoms with Crippen molar-refractivity contribution in [1.82, 2.24) is 10.2 Å². The molecule has 0 aliphatic rings. The summed E-state index contributed by atoms with van der Waals surface area (Å²) in [6, 6.07) is 24.6. The van der Waals surface area contributed by atoms with Gasteiger partial charge < -0.3 is 15.4 Å². The smallest absolute Gasteiger partial charge is 0.263 e. The van der Waals surface area contributed by atoms with Gasteiger partial charge in [0.05, 0.1) is 7.11 Å². The van der Waals surface area contributed by atoms with E-state index in [9.17, 15) is 4.79 Å². The maximum absolute atomic E-state index is 13.2. The Morgan fingerprint density at radius 3 is 2.38 bits per heavy atom. The number of nitrogens with zero attached hydrogens (tertiary/aromatic N) is 2. The van der Waals surface area contributed by atoms with Crippen LogP contribution in [0.2, 0.25) is 0 Å². The molecule has 1 heterocycles. The third-order valence-corrected chi connectivity index (χ3v) is 4.78. The fraction of sp³-hybridized carbons (Fsp3) is 0.0800. The van der Waals surface area contributed by atoms with Crippen molar-refractivity contribution in [3.8, 4) is 5.75 Å². The number of aryl methyl sites for hydroxylation is 1. The molecule has 7 heteroatoms. The van der Waals surface area contributed by atoms with E-state index in [1.807, 2.05) is 61.5 Å². The van der Waals surface area contributed by atoms with Crippen molar-refractivity contribution in [2.24, 2.45) is 4.99 Å². The molecule has 1 aromatic heterocycles. The van der Waals surface area contributed by atoms with Gasteiger partial charge in [-0.2, -0.15) is 5.10 Å². The summed E-state index contributed by atoms with van der Waals surface area (Å²) in [4.78, 5) is 17.7. The van der Waals surface area contributed by atoms with Crippen molar-refractivity contribution in [3.63, 3.8) is 0 Å². The second-order valence-corrected chi connectivity index (χ2v) is 7.14. The standard InChI is InChI=1S/C25H23N5O2/c1-17-8-10-18(11-9-17)16-26-23-22(24(30-29-23)27-19-6-4-3-5-7-19)25(31)28-20-12-14-21(32-2)15-13-20/h3-16H,1-2H3,(H,28,31)(H2,27,29,30). The number of benzene rings is 3. The van der Waals surface area contributed by atoms with Gasteiger partial charge in [-0.25, -0.2) is 4.99 Å². The number of H-pyrrole nitrogens is 1. The molecule has 0 unspecified atom stereocenters. The number of anilines is 3. The molecule has 3 N–H and O–H groups in total. The van der Waals surface area contributed by atoms with E-state index in [4.69, 9.17) is 4.74 Å². The van der Waals surface area contributed by atoms with Crippen molar-refractivity contribution < 1.29 is 9.53 Å². The molecule has 1 amide bonds. The molecular weight excluding hydrogens is 402 g/mol. The van der Waals surface area contributed by atoms with E-state index in [0.29, 0.717) is 22.8 Å². The highest BCUT2D eigenvalue weighted by Gasteiger charge is 2.21. The average Bonchev–Trinajstić information content (AvgIpc) is 3.22. The van der Waals surface area contributed by atoms with E-state index in [1.54, 1.807) is 37.6 Å². The molecule has 3 aromatic carbocycles. The number of methoxy groups -OCH3 is 1. The highest BCUT2D eigenvalue weighted by Crippen LogP contribution is 2.28. The summed E-state index contributed by atoms with van der Waals surface area (Å²) in [7, 11) is 1.60. The average molecular weight is 425 g/mol. The third-order valence-electron chi connectivity index (χ3n) is 4.78. The zero-order chi connectivity index (χ0) is 22.3. The molecule has 4 aromatic rings. The molecule has 0 fully saturated rings. The molecule has 0 saturated heterocycles. The molecule has 0 aliphatic carbocycles. The molecule has 160 valence electrons. The Hall–Kier alpha value is -4.39. The molecule has 7 nitrogen and oxygen atoms in total. The van der Waals surface area contributed by atoms with Crippen LogP contribution in [0.1, 0.15) is 21.5 Å². The summed E-state index contributed by atoms with van der Waals surface area (Å²) in [6.07, 6.45) is 1.69. The fourth-order valence-electron chi connectivity index (χ4n) is 3.05. The van der Waals surface area contributed by atoms with E-state index in [2.05, 4.69) is 25.8 Å². The highest BCUT2D eigenvalue weighted by molar-refractivity contribution is 6.11. The first-order chi connectivity index (χ1) is 15.6. The van der Waals surface area contributed by atoms with Crippen LogP contribution >= 0.6 is 0 Å². The van der Waals surface area contributed by atoms with Gasteiger partial charge >= 0.3 is 0 Å². The van der Waals surface area contributed by atoms with Crippen molar-refractivity contribution in [2.45, 2.75) is 6.92 Å². The second kappa shape index (κ2) is 9.61. The van der Waals surface area contributed by atoms with Gasteiger partial charge in [0.15, 0.2) is 5.82 Å². The van der Waals surface area contributed by atoms with Crippen LogP contribution in [-0.2, 0) is 0 Å². The molecule has 4 rings (SSSR count). The fourth-order valence-corrected chi connectivity index (χ4v) is 3.05. The van der Waals surface area contributed by atoms with Gasteiger partial charge in [0, 0.05) is 17.6 Å². The number of carbonyl (C=O) groups excluding carboxylic acids is 1. The summed E-state index contributed by atoms with van der Waals surface area (Å²) in [5, 5.41) is 13.3. The summed E-state index contributed by atoms with van der Waals surface area (Å²) in [6.45, 7) is 2.03. The first-order valence-electron chi connectivity index (χ1n) is 10.1. The number of aromatic amines is 1. The van der Waals surface area contributed by atoms with Crippen LogP contribution in [0.3, 0.4) is 0 Å². The van der Waals surface area contributed by atoms with Gasteiger partial charge in [-0.1, -0.05) is 48.0 Å². The Balaban J connectivity index is 1.64. The molecule has 0 spiro atoms. The third kappa shape index (κ3) is 5.02. The number of aromatic nitrogens is 2. The highest BCUT2D eigenvalue weighted by atomic mass is 16.5. The lowest BCUT2D eigenvalue weighted by molar-refractivity contribution is 0.102. The van der Waals surface area contributed by atoms with Crippen molar-refractivity contribution in [2.75, 3.05) is 17.7 Å². The number of nitrogens with one attached hydrogen (secondary N) is 3. The molecular formula is C25H23N5O2. The van der Waals surface area contributed by atoms with E-state index >= 15 is 0 Å². The quantitative estimate of drug-likeness (QED) is 0.342. The lowest BCUT2D eigenvalue weighted by Gasteiger charge is -2.09. The summed E-state index contributed by atoms with van der Waals surface area (Å²) in [5.41, 5.74) is 3.85. The number of para-hydroxylation sites is 1. The van der Waals surface area contributed by atoms with Crippen molar-refractivity contribution >= 4 is 35.1 Å². The predicted octanol–water partition coefficient (Wildman–Crippen LogP) is 5.47. The lowest BCUT2D eigenvalue weighted by atomic mass is 10.2. The van der Waals surface area contributed by atoms with Gasteiger partial charge in [0.2, 0.25) is 0 Å². The van der Waals surface area contributed by atoms with Gasteiger partial charge in [-0.05, 0) is 48.9 Å². The van der Waals surface area contributed by atoms with E-state index in [0.717, 1.165) is 16.8 Å². The number of carbonyl (C=O) groups is 1. The van der Waals surface area contributed by atoms with Crippen LogP contribution < -0.4 is 15.4 Å². The predicted molar refractivity (Wildman–Crippen MR) is 128 cm³/mol. The Morgan fingerprint density at radius 2 is 1.69 bits per heavy atom. The molecule has 32 heavy (non-hydrogen) atoms. The molecule has 0 atom stereocenters.